The van der Waals surface area contributed by atoms with Crippen LogP contribution in [-0.2, 0) is 0 Å². The summed E-state index contributed by atoms with van der Waals surface area (Å²) in [6.45, 7) is 1.90. The summed E-state index contributed by atoms with van der Waals surface area (Å²) in [6, 6.07) is 4.28. The van der Waals surface area contributed by atoms with Crippen LogP contribution in [-0.4, -0.2) is 25.9 Å². The van der Waals surface area contributed by atoms with Crippen molar-refractivity contribution in [1.29, 1.82) is 0 Å². The number of nitrogens with zero attached hydrogens (tertiary/aromatic N) is 4. The third kappa shape index (κ3) is 2.00. The number of aryl methyl sites for hydroxylation is 1. The van der Waals surface area contributed by atoms with Crippen LogP contribution in [0, 0.1) is 6.92 Å². The standard InChI is InChI=1S/C12H15N5/c1-9-14-15-12-8-7-11(16-17(9)12)13-10-5-3-2-4-6-10/h3,5,7-8,10H,2,4,6H2,1H3,(H,13,16)/t10-/m1/s1. The van der Waals surface area contributed by atoms with E-state index in [0.29, 0.717) is 6.04 Å². The second-order valence-electron chi connectivity index (χ2n) is 4.35. The number of nitrogens with one attached hydrogen (secondary N) is 1. The Morgan fingerprint density at radius 1 is 1.35 bits per heavy atom. The Kier molecular flexibility index (Phi) is 2.51. The average molecular weight is 229 g/mol. The van der Waals surface area contributed by atoms with E-state index in [1.54, 1.807) is 4.52 Å². The SMILES string of the molecule is Cc1nnc2ccc(N[C@@H]3C=CCCC3)nn12. The fourth-order valence-corrected chi connectivity index (χ4v) is 2.10. The molecule has 2 aromatic rings. The van der Waals surface area contributed by atoms with Gasteiger partial charge in [-0.3, -0.25) is 0 Å². The highest BCUT2D eigenvalue weighted by Crippen LogP contribution is 2.15. The number of aromatic nitrogens is 4. The molecule has 0 amide bonds. The monoisotopic (exact) mass is 229 g/mol. The van der Waals surface area contributed by atoms with Gasteiger partial charge in [-0.1, -0.05) is 12.2 Å². The topological polar surface area (TPSA) is 55.1 Å². The smallest absolute Gasteiger partial charge is 0.178 e. The molecule has 0 aromatic carbocycles. The second kappa shape index (κ2) is 4.16. The predicted molar refractivity (Wildman–Crippen MR) is 65.9 cm³/mol. The van der Waals surface area contributed by atoms with Gasteiger partial charge in [0, 0.05) is 6.04 Å². The maximum atomic E-state index is 4.48. The highest BCUT2D eigenvalue weighted by atomic mass is 15.4. The molecule has 0 fully saturated rings. The second-order valence-corrected chi connectivity index (χ2v) is 4.35. The molecule has 0 aliphatic heterocycles. The van der Waals surface area contributed by atoms with Crippen LogP contribution < -0.4 is 5.32 Å². The van der Waals surface area contributed by atoms with Crippen molar-refractivity contribution in [2.24, 2.45) is 0 Å². The molecule has 0 saturated heterocycles. The van der Waals surface area contributed by atoms with Gasteiger partial charge in [-0.15, -0.1) is 15.3 Å². The van der Waals surface area contributed by atoms with Gasteiger partial charge in [0.25, 0.3) is 0 Å². The quantitative estimate of drug-likeness (QED) is 0.800. The average Bonchev–Trinajstić information content (AvgIpc) is 2.73. The van der Waals surface area contributed by atoms with E-state index in [-0.39, 0.29) is 0 Å². The summed E-state index contributed by atoms with van der Waals surface area (Å²) in [5, 5.41) is 15.9. The first-order valence-electron chi connectivity index (χ1n) is 5.95. The lowest BCUT2D eigenvalue weighted by atomic mass is 10.0. The summed E-state index contributed by atoms with van der Waals surface area (Å²) in [5.74, 6) is 1.68. The number of allylic oxidation sites excluding steroid dienone is 1. The third-order valence-electron chi connectivity index (χ3n) is 3.01. The molecule has 0 radical (unpaired) electrons. The summed E-state index contributed by atoms with van der Waals surface area (Å²) in [6.07, 6.45) is 8.03. The van der Waals surface area contributed by atoms with Crippen LogP contribution in [0.3, 0.4) is 0 Å². The fraction of sp³-hybridized carbons (Fsp3) is 0.417. The van der Waals surface area contributed by atoms with Crippen molar-refractivity contribution in [3.05, 3.63) is 30.1 Å². The number of anilines is 1. The molecule has 17 heavy (non-hydrogen) atoms. The van der Waals surface area contributed by atoms with E-state index in [2.05, 4.69) is 32.8 Å². The Morgan fingerprint density at radius 2 is 2.29 bits per heavy atom. The number of hydrogen-bond acceptors (Lipinski definition) is 4. The van der Waals surface area contributed by atoms with Gasteiger partial charge >= 0.3 is 0 Å². The van der Waals surface area contributed by atoms with Crippen LogP contribution in [0.4, 0.5) is 5.82 Å². The molecule has 1 aliphatic carbocycles. The van der Waals surface area contributed by atoms with Crippen molar-refractivity contribution < 1.29 is 0 Å². The van der Waals surface area contributed by atoms with Crippen molar-refractivity contribution in [3.63, 3.8) is 0 Å². The lowest BCUT2D eigenvalue weighted by Crippen LogP contribution is -2.19. The lowest BCUT2D eigenvalue weighted by Gasteiger charge is -2.18. The van der Waals surface area contributed by atoms with Crippen LogP contribution >= 0.6 is 0 Å². The van der Waals surface area contributed by atoms with Crippen LogP contribution in [0.1, 0.15) is 25.1 Å². The summed E-state index contributed by atoms with van der Waals surface area (Å²) in [4.78, 5) is 0. The fourth-order valence-electron chi connectivity index (χ4n) is 2.10. The Hall–Kier alpha value is -1.91. The highest BCUT2D eigenvalue weighted by Gasteiger charge is 2.09. The van der Waals surface area contributed by atoms with Crippen LogP contribution in [0.5, 0.6) is 0 Å². The Balaban J connectivity index is 1.87. The molecule has 0 bridgehead atoms. The molecule has 0 unspecified atom stereocenters. The van der Waals surface area contributed by atoms with Crippen molar-refractivity contribution in [2.45, 2.75) is 32.2 Å². The maximum absolute atomic E-state index is 4.48. The molecule has 1 aliphatic rings. The minimum atomic E-state index is 0.394. The first kappa shape index (κ1) is 10.3. The van der Waals surface area contributed by atoms with Gasteiger partial charge < -0.3 is 5.32 Å². The van der Waals surface area contributed by atoms with Gasteiger partial charge in [-0.2, -0.15) is 4.52 Å². The van der Waals surface area contributed by atoms with Crippen molar-refractivity contribution in [1.82, 2.24) is 19.8 Å². The zero-order valence-electron chi connectivity index (χ0n) is 9.80. The molecule has 5 heteroatoms. The van der Waals surface area contributed by atoms with E-state index in [1.165, 1.54) is 12.8 Å². The largest absolute Gasteiger partial charge is 0.362 e. The first-order valence-corrected chi connectivity index (χ1v) is 5.95. The molecule has 2 aromatic heterocycles. The lowest BCUT2D eigenvalue weighted by molar-refractivity contribution is 0.669. The van der Waals surface area contributed by atoms with Crippen molar-refractivity contribution in [3.8, 4) is 0 Å². The van der Waals surface area contributed by atoms with E-state index in [4.69, 9.17) is 0 Å². The van der Waals surface area contributed by atoms with E-state index in [9.17, 15) is 0 Å². The van der Waals surface area contributed by atoms with Gasteiger partial charge in [0.2, 0.25) is 0 Å². The van der Waals surface area contributed by atoms with E-state index >= 15 is 0 Å². The summed E-state index contributed by atoms with van der Waals surface area (Å²) in [5.41, 5.74) is 0.784. The minimum absolute atomic E-state index is 0.394. The number of hydrogen-bond donors (Lipinski definition) is 1. The Morgan fingerprint density at radius 3 is 3.12 bits per heavy atom. The van der Waals surface area contributed by atoms with Crippen molar-refractivity contribution >= 4 is 11.5 Å². The summed E-state index contributed by atoms with van der Waals surface area (Å²) >= 11 is 0. The van der Waals surface area contributed by atoms with Crippen LogP contribution in [0.25, 0.3) is 5.65 Å². The summed E-state index contributed by atoms with van der Waals surface area (Å²) in [7, 11) is 0. The van der Waals surface area contributed by atoms with Crippen LogP contribution in [0.2, 0.25) is 0 Å². The van der Waals surface area contributed by atoms with Crippen molar-refractivity contribution in [2.75, 3.05) is 5.32 Å². The molecule has 5 nitrogen and oxygen atoms in total. The molecular formula is C12H15N5. The predicted octanol–water partition coefficient (Wildman–Crippen LogP) is 1.95. The maximum Gasteiger partial charge on any atom is 0.178 e. The van der Waals surface area contributed by atoms with Gasteiger partial charge in [0.05, 0.1) is 0 Å². The van der Waals surface area contributed by atoms with Crippen LogP contribution in [0.15, 0.2) is 24.3 Å². The molecule has 88 valence electrons. The van der Waals surface area contributed by atoms with Gasteiger partial charge in [0.15, 0.2) is 11.5 Å². The van der Waals surface area contributed by atoms with E-state index in [1.807, 2.05) is 19.1 Å². The highest BCUT2D eigenvalue weighted by molar-refractivity contribution is 5.44. The molecule has 1 N–H and O–H groups in total. The van der Waals surface area contributed by atoms with E-state index in [0.717, 1.165) is 23.7 Å². The Labute approximate surface area is 99.6 Å². The Bertz CT molecular complexity index is 557. The summed E-state index contributed by atoms with van der Waals surface area (Å²) < 4.78 is 1.76. The third-order valence-corrected chi connectivity index (χ3v) is 3.01. The molecule has 3 rings (SSSR count). The van der Waals surface area contributed by atoms with Gasteiger partial charge in [-0.25, -0.2) is 0 Å². The van der Waals surface area contributed by atoms with Gasteiger partial charge in [-0.05, 0) is 38.3 Å². The normalized spacial score (nSPS) is 19.7. The van der Waals surface area contributed by atoms with E-state index < -0.39 is 0 Å². The molecule has 0 spiro atoms. The molecule has 1 atom stereocenters. The molecular weight excluding hydrogens is 214 g/mol. The number of fused-ring (bicyclic) bond motifs is 1. The zero-order chi connectivity index (χ0) is 11.7. The molecule has 2 heterocycles. The number of rotatable bonds is 2. The van der Waals surface area contributed by atoms with Gasteiger partial charge in [0.1, 0.15) is 5.82 Å². The minimum Gasteiger partial charge on any atom is -0.362 e. The zero-order valence-corrected chi connectivity index (χ0v) is 9.80. The molecule has 0 saturated carbocycles. The first-order chi connectivity index (χ1) is 8.33.